The molecule has 1 amide bonds. The summed E-state index contributed by atoms with van der Waals surface area (Å²) in [6.07, 6.45) is 6.02. The molecule has 4 atom stereocenters. The third-order valence-electron chi connectivity index (χ3n) is 5.40. The third kappa shape index (κ3) is 3.39. The van der Waals surface area contributed by atoms with Crippen LogP contribution in [0.3, 0.4) is 0 Å². The fourth-order valence-corrected chi connectivity index (χ4v) is 4.47. The van der Waals surface area contributed by atoms with Gasteiger partial charge in [0.2, 0.25) is 7.85 Å². The maximum atomic E-state index is 11.9. The molecule has 2 fully saturated rings. The smallest absolute Gasteiger partial charge is 0.200 e. The monoisotopic (exact) mass is 305 g/mol. The fraction of sp³-hybridized carbons (Fsp3) is 0.882. The van der Waals surface area contributed by atoms with Crippen molar-refractivity contribution in [2.75, 3.05) is 0 Å². The lowest BCUT2D eigenvalue weighted by molar-refractivity contribution is -0.124. The Morgan fingerprint density at radius 1 is 1.27 bits per heavy atom. The van der Waals surface area contributed by atoms with Gasteiger partial charge in [0, 0.05) is 5.92 Å². The minimum Gasteiger partial charge on any atom is -0.351 e. The van der Waals surface area contributed by atoms with E-state index >= 15 is 0 Å². The summed E-state index contributed by atoms with van der Waals surface area (Å²) >= 11 is 0. The van der Waals surface area contributed by atoms with Crippen LogP contribution in [-0.2, 0) is 9.53 Å². The average molecular weight is 305 g/mol. The Kier molecular flexibility index (Phi) is 5.36. The summed E-state index contributed by atoms with van der Waals surface area (Å²) in [4.78, 5) is 25.4. The average Bonchev–Trinajstić information content (AvgIpc) is 2.69. The zero-order valence-electron chi connectivity index (χ0n) is 14.3. The summed E-state index contributed by atoms with van der Waals surface area (Å²) in [5.41, 5.74) is -0.669. The van der Waals surface area contributed by atoms with E-state index in [1.165, 1.54) is 6.42 Å². The molecule has 1 aliphatic carbocycles. The number of carbonyl (C=O) groups is 2. The molecule has 4 nitrogen and oxygen atoms in total. The molecular formula is C17H28BNO3. The molecule has 0 aromatic rings. The van der Waals surface area contributed by atoms with Crippen LogP contribution in [0.1, 0.15) is 66.2 Å². The van der Waals surface area contributed by atoms with Crippen LogP contribution in [0.5, 0.6) is 0 Å². The van der Waals surface area contributed by atoms with Gasteiger partial charge in [0.25, 0.3) is 0 Å². The largest absolute Gasteiger partial charge is 0.351 e. The molecule has 1 aliphatic heterocycles. The summed E-state index contributed by atoms with van der Waals surface area (Å²) < 4.78 is 6.17. The van der Waals surface area contributed by atoms with Crippen molar-refractivity contribution in [3.05, 3.63) is 0 Å². The van der Waals surface area contributed by atoms with Crippen LogP contribution in [0.15, 0.2) is 0 Å². The SMILES string of the molecule is [B]C(=O)N1[C@@H](CC)[C@@H](CC2CCCCC2C(C)=O)OC1(C)C. The molecule has 0 N–H and O–H groups in total. The van der Waals surface area contributed by atoms with Crippen molar-refractivity contribution in [3.8, 4) is 0 Å². The van der Waals surface area contributed by atoms with E-state index in [4.69, 9.17) is 12.6 Å². The minimum absolute atomic E-state index is 0.00188. The Balaban J connectivity index is 2.14. The zero-order chi connectivity index (χ0) is 16.5. The second-order valence-electron chi connectivity index (χ2n) is 7.28. The minimum atomic E-state index is -0.669. The van der Waals surface area contributed by atoms with Crippen molar-refractivity contribution >= 4 is 19.4 Å². The van der Waals surface area contributed by atoms with Gasteiger partial charge in [-0.2, -0.15) is 0 Å². The number of hydrogen-bond acceptors (Lipinski definition) is 3. The lowest BCUT2D eigenvalue weighted by Crippen LogP contribution is -2.47. The van der Waals surface area contributed by atoms with Gasteiger partial charge < -0.3 is 9.64 Å². The maximum absolute atomic E-state index is 11.9. The number of Topliss-reactive ketones (excluding diaryl/α,β-unsaturated/α-hetero) is 1. The normalized spacial score (nSPS) is 34.6. The zero-order valence-corrected chi connectivity index (χ0v) is 14.3. The lowest BCUT2D eigenvalue weighted by atomic mass is 9.74. The first-order valence-electron chi connectivity index (χ1n) is 8.55. The van der Waals surface area contributed by atoms with Gasteiger partial charge in [-0.1, -0.05) is 19.8 Å². The van der Waals surface area contributed by atoms with E-state index in [2.05, 4.69) is 6.92 Å². The molecule has 2 radical (unpaired) electrons. The highest BCUT2D eigenvalue weighted by Gasteiger charge is 2.48. The predicted octanol–water partition coefficient (Wildman–Crippen LogP) is 3.28. The highest BCUT2D eigenvalue weighted by molar-refractivity contribution is 6.57. The molecule has 2 aliphatic rings. The van der Waals surface area contributed by atoms with E-state index in [-0.39, 0.29) is 18.1 Å². The summed E-state index contributed by atoms with van der Waals surface area (Å²) in [7, 11) is 5.56. The van der Waals surface area contributed by atoms with Crippen LogP contribution in [0.25, 0.3) is 0 Å². The Labute approximate surface area is 135 Å². The van der Waals surface area contributed by atoms with Crippen LogP contribution in [-0.4, -0.2) is 42.2 Å². The highest BCUT2D eigenvalue weighted by atomic mass is 16.5. The van der Waals surface area contributed by atoms with Crippen LogP contribution in [0.2, 0.25) is 0 Å². The molecule has 0 aromatic carbocycles. The second-order valence-corrected chi connectivity index (χ2v) is 7.28. The van der Waals surface area contributed by atoms with Crippen molar-refractivity contribution in [2.24, 2.45) is 11.8 Å². The van der Waals surface area contributed by atoms with Crippen LogP contribution in [0.4, 0.5) is 4.79 Å². The Morgan fingerprint density at radius 2 is 1.91 bits per heavy atom. The van der Waals surface area contributed by atoms with Crippen molar-refractivity contribution in [2.45, 2.75) is 84.1 Å². The van der Waals surface area contributed by atoms with Gasteiger partial charge >= 0.3 is 0 Å². The van der Waals surface area contributed by atoms with E-state index in [0.717, 1.165) is 32.1 Å². The summed E-state index contributed by atoms with van der Waals surface area (Å²) in [5, 5.41) is 0. The first-order chi connectivity index (χ1) is 10.3. The summed E-state index contributed by atoms with van der Waals surface area (Å²) in [5.74, 6) is 0.391. The van der Waals surface area contributed by atoms with E-state index < -0.39 is 11.5 Å². The molecule has 5 heteroatoms. The number of carbonyl (C=O) groups excluding carboxylic acids is 2. The molecule has 122 valence electrons. The van der Waals surface area contributed by atoms with E-state index in [0.29, 0.717) is 11.7 Å². The van der Waals surface area contributed by atoms with Gasteiger partial charge in [-0.05, 0) is 52.4 Å². The van der Waals surface area contributed by atoms with Crippen molar-refractivity contribution in [3.63, 3.8) is 0 Å². The lowest BCUT2D eigenvalue weighted by Gasteiger charge is -2.34. The van der Waals surface area contributed by atoms with Gasteiger partial charge in [0.15, 0.2) is 5.81 Å². The Hall–Kier alpha value is -0.835. The molecular weight excluding hydrogens is 277 g/mol. The third-order valence-corrected chi connectivity index (χ3v) is 5.40. The van der Waals surface area contributed by atoms with Gasteiger partial charge in [-0.3, -0.25) is 9.59 Å². The van der Waals surface area contributed by atoms with Gasteiger partial charge in [0.1, 0.15) is 11.5 Å². The van der Waals surface area contributed by atoms with E-state index in [9.17, 15) is 9.59 Å². The highest BCUT2D eigenvalue weighted by Crippen LogP contribution is 2.41. The summed E-state index contributed by atoms with van der Waals surface area (Å²) in [6.45, 7) is 7.55. The number of amides is 1. The fourth-order valence-electron chi connectivity index (χ4n) is 4.47. The standard InChI is InChI=1S/C17H28BNO3/c1-5-14-15(22-17(3,4)19(14)16(18)21)10-12-8-6-7-9-13(12)11(2)20/h12-15H,5-10H2,1-4H3/t12?,13?,14-,15+/m0/s1. The van der Waals surface area contributed by atoms with Gasteiger partial charge in [0.05, 0.1) is 12.1 Å². The molecule has 0 spiro atoms. The van der Waals surface area contributed by atoms with E-state index in [1.54, 1.807) is 11.8 Å². The Morgan fingerprint density at radius 3 is 2.45 bits per heavy atom. The molecule has 1 heterocycles. The second kappa shape index (κ2) is 6.73. The molecule has 1 saturated carbocycles. The Bertz CT molecular complexity index is 438. The number of hydrogen-bond donors (Lipinski definition) is 0. The number of ether oxygens (including phenoxy) is 1. The van der Waals surface area contributed by atoms with Gasteiger partial charge in [-0.15, -0.1) is 0 Å². The van der Waals surface area contributed by atoms with Crippen LogP contribution in [0, 0.1) is 11.8 Å². The maximum Gasteiger partial charge on any atom is 0.200 e. The topological polar surface area (TPSA) is 46.6 Å². The molecule has 0 bridgehead atoms. The number of rotatable bonds is 4. The first-order valence-corrected chi connectivity index (χ1v) is 8.55. The molecule has 2 rings (SSSR count). The van der Waals surface area contributed by atoms with Crippen molar-refractivity contribution in [1.82, 2.24) is 4.90 Å². The van der Waals surface area contributed by atoms with Crippen molar-refractivity contribution < 1.29 is 14.3 Å². The van der Waals surface area contributed by atoms with Gasteiger partial charge in [-0.25, -0.2) is 0 Å². The number of ketones is 1. The first kappa shape index (κ1) is 17.5. The molecule has 0 aromatic heterocycles. The molecule has 22 heavy (non-hydrogen) atoms. The predicted molar refractivity (Wildman–Crippen MR) is 86.8 cm³/mol. The quantitative estimate of drug-likeness (QED) is 0.749. The summed E-state index contributed by atoms with van der Waals surface area (Å²) in [6, 6.07) is 0.00188. The van der Waals surface area contributed by atoms with Crippen LogP contribution < -0.4 is 0 Å². The number of nitrogens with zero attached hydrogens (tertiary/aromatic N) is 1. The van der Waals surface area contributed by atoms with Crippen molar-refractivity contribution in [1.29, 1.82) is 0 Å². The molecule has 2 unspecified atom stereocenters. The van der Waals surface area contributed by atoms with Crippen LogP contribution >= 0.6 is 0 Å². The molecule has 1 saturated heterocycles. The van der Waals surface area contributed by atoms with E-state index in [1.807, 2.05) is 13.8 Å².